The fraction of sp³-hybridized carbons (Fsp3) is 0.100. The molecule has 0 bridgehead atoms. The number of para-hydroxylation sites is 2. The molecule has 0 aliphatic heterocycles. The third kappa shape index (κ3) is 4.57. The molecule has 4 N–H and O–H groups in total. The van der Waals surface area contributed by atoms with Gasteiger partial charge in [0.15, 0.2) is 0 Å². The number of carbonyl (C=O) groups excluding carboxylic acids is 2. The molecule has 5 nitrogen and oxygen atoms in total. The number of aromatic amines is 1. The molecule has 0 spiro atoms. The highest BCUT2D eigenvalue weighted by Crippen LogP contribution is 2.18. The molecule has 0 saturated heterocycles. The zero-order valence-corrected chi connectivity index (χ0v) is 14.1. The molecule has 1 heterocycles. The minimum absolute atomic E-state index is 0.0400. The van der Waals surface area contributed by atoms with Gasteiger partial charge >= 0.3 is 0 Å². The molecule has 0 fully saturated rings. The summed E-state index contributed by atoms with van der Waals surface area (Å²) >= 11 is 0. The second-order valence-electron chi connectivity index (χ2n) is 5.49. The van der Waals surface area contributed by atoms with Crippen LogP contribution in [0.3, 0.4) is 0 Å². The molecule has 25 heavy (non-hydrogen) atoms. The quantitative estimate of drug-likeness (QED) is 0.504. The van der Waals surface area contributed by atoms with Gasteiger partial charge in [-0.25, -0.2) is 0 Å². The first-order valence-corrected chi connectivity index (χ1v) is 7.83. The number of aldehydes is 1. The van der Waals surface area contributed by atoms with Crippen LogP contribution in [0.4, 0.5) is 5.69 Å². The van der Waals surface area contributed by atoms with Gasteiger partial charge in [-0.05, 0) is 30.2 Å². The lowest BCUT2D eigenvalue weighted by molar-refractivity contribution is -0.107. The van der Waals surface area contributed by atoms with Gasteiger partial charge < -0.3 is 20.8 Å². The minimum atomic E-state index is -0.237. The second kappa shape index (κ2) is 8.49. The topological polar surface area (TPSA) is 88.0 Å². The van der Waals surface area contributed by atoms with Crippen molar-refractivity contribution in [3.63, 3.8) is 0 Å². The lowest BCUT2D eigenvalue weighted by atomic mass is 10.1. The summed E-state index contributed by atoms with van der Waals surface area (Å²) in [4.78, 5) is 24.7. The van der Waals surface area contributed by atoms with E-state index >= 15 is 0 Å². The molecule has 2 aromatic carbocycles. The number of hydrogen-bond acceptors (Lipinski definition) is 3. The molecule has 1 amide bonds. The fourth-order valence-corrected chi connectivity index (χ4v) is 2.37. The number of anilines is 1. The number of fused-ring (bicyclic) bond motifs is 1. The van der Waals surface area contributed by atoms with Crippen molar-refractivity contribution < 1.29 is 9.59 Å². The number of nitrogen functional groups attached to an aromatic ring is 1. The van der Waals surface area contributed by atoms with Crippen molar-refractivity contribution in [2.75, 3.05) is 12.3 Å². The summed E-state index contributed by atoms with van der Waals surface area (Å²) in [6, 6.07) is 15.2. The number of H-pyrrole nitrogens is 1. The van der Waals surface area contributed by atoms with Gasteiger partial charge in [-0.2, -0.15) is 0 Å². The molecule has 0 unspecified atom stereocenters. The first kappa shape index (κ1) is 18.0. The predicted molar refractivity (Wildman–Crippen MR) is 102 cm³/mol. The van der Waals surface area contributed by atoms with Crippen LogP contribution in [0.25, 0.3) is 16.5 Å². The summed E-state index contributed by atoms with van der Waals surface area (Å²) in [5.41, 5.74) is 9.99. The highest BCUT2D eigenvalue weighted by molar-refractivity contribution is 6.07. The summed E-state index contributed by atoms with van der Waals surface area (Å²) in [7, 11) is 0. The minimum Gasteiger partial charge on any atom is -0.398 e. The zero-order valence-electron chi connectivity index (χ0n) is 14.1. The van der Waals surface area contributed by atoms with E-state index in [4.69, 9.17) is 5.73 Å². The highest BCUT2D eigenvalue weighted by atomic mass is 16.2. The van der Waals surface area contributed by atoms with Crippen molar-refractivity contribution in [1.82, 2.24) is 10.3 Å². The Kier molecular flexibility index (Phi) is 6.12. The SMILES string of the molecule is C=C(C)c1ccccc1N.O=CCNC(=O)c1c[nH]c2ccccc12. The lowest BCUT2D eigenvalue weighted by Crippen LogP contribution is -2.24. The van der Waals surface area contributed by atoms with Gasteiger partial charge in [0.05, 0.1) is 12.1 Å². The molecule has 3 aromatic rings. The number of nitrogens with one attached hydrogen (secondary N) is 2. The van der Waals surface area contributed by atoms with Gasteiger partial charge in [-0.1, -0.05) is 43.0 Å². The van der Waals surface area contributed by atoms with Crippen molar-refractivity contribution in [2.45, 2.75) is 6.92 Å². The molecule has 0 saturated carbocycles. The van der Waals surface area contributed by atoms with Gasteiger partial charge in [0.25, 0.3) is 5.91 Å². The van der Waals surface area contributed by atoms with Crippen LogP contribution in [0.1, 0.15) is 22.8 Å². The Morgan fingerprint density at radius 3 is 2.48 bits per heavy atom. The monoisotopic (exact) mass is 335 g/mol. The van der Waals surface area contributed by atoms with Crippen molar-refractivity contribution in [1.29, 1.82) is 0 Å². The maximum absolute atomic E-state index is 11.6. The van der Waals surface area contributed by atoms with Crippen LogP contribution < -0.4 is 11.1 Å². The van der Waals surface area contributed by atoms with Gasteiger partial charge in [0, 0.05) is 22.8 Å². The molecule has 0 atom stereocenters. The van der Waals surface area contributed by atoms with Crippen LogP contribution >= 0.6 is 0 Å². The number of allylic oxidation sites excluding steroid dienone is 1. The smallest absolute Gasteiger partial charge is 0.253 e. The number of aromatic nitrogens is 1. The highest BCUT2D eigenvalue weighted by Gasteiger charge is 2.10. The molecule has 0 radical (unpaired) electrons. The number of carbonyl (C=O) groups is 2. The normalized spacial score (nSPS) is 9.80. The Labute approximate surface area is 146 Å². The molecule has 5 heteroatoms. The number of benzene rings is 2. The largest absolute Gasteiger partial charge is 0.398 e. The Balaban J connectivity index is 0.000000196. The average Bonchev–Trinajstić information content (AvgIpc) is 3.04. The molecular formula is C20H21N3O2. The van der Waals surface area contributed by atoms with Crippen LogP contribution in [0.15, 0.2) is 61.3 Å². The van der Waals surface area contributed by atoms with E-state index in [0.29, 0.717) is 11.8 Å². The van der Waals surface area contributed by atoms with Crippen molar-refractivity contribution in [3.05, 3.63) is 72.4 Å². The van der Waals surface area contributed by atoms with E-state index in [1.54, 1.807) is 6.20 Å². The number of amides is 1. The molecular weight excluding hydrogens is 314 g/mol. The standard InChI is InChI=1S/C11H10N2O2.C9H11N/c14-6-5-12-11(15)9-7-13-10-4-2-1-3-8(9)10;1-7(2)8-5-3-4-6-9(8)10/h1-4,6-7,13H,5H2,(H,12,15);3-6H,1,10H2,2H3. The van der Waals surface area contributed by atoms with Crippen molar-refractivity contribution in [2.24, 2.45) is 0 Å². The Morgan fingerprint density at radius 2 is 1.84 bits per heavy atom. The maximum atomic E-state index is 11.6. The first-order chi connectivity index (χ1) is 12.0. The Hall–Kier alpha value is -3.34. The Morgan fingerprint density at radius 1 is 1.16 bits per heavy atom. The predicted octanol–water partition coefficient (Wildman–Crippen LogP) is 3.40. The van der Waals surface area contributed by atoms with E-state index in [9.17, 15) is 9.59 Å². The molecule has 1 aromatic heterocycles. The van der Waals surface area contributed by atoms with Crippen LogP contribution in [-0.4, -0.2) is 23.7 Å². The summed E-state index contributed by atoms with van der Waals surface area (Å²) in [6.07, 6.45) is 2.30. The molecule has 0 aliphatic rings. The zero-order chi connectivity index (χ0) is 18.2. The third-order valence-electron chi connectivity index (χ3n) is 3.60. The van der Waals surface area contributed by atoms with Crippen LogP contribution in [0.5, 0.6) is 0 Å². The summed E-state index contributed by atoms with van der Waals surface area (Å²) in [5, 5.41) is 3.36. The van der Waals surface area contributed by atoms with Gasteiger partial charge in [0.2, 0.25) is 0 Å². The van der Waals surface area contributed by atoms with Gasteiger partial charge in [-0.15, -0.1) is 0 Å². The molecule has 3 rings (SSSR count). The summed E-state index contributed by atoms with van der Waals surface area (Å²) < 4.78 is 0. The summed E-state index contributed by atoms with van der Waals surface area (Å²) in [5.74, 6) is -0.237. The van der Waals surface area contributed by atoms with Crippen molar-refractivity contribution in [3.8, 4) is 0 Å². The first-order valence-electron chi connectivity index (χ1n) is 7.83. The lowest BCUT2D eigenvalue weighted by Gasteiger charge is -2.01. The van der Waals surface area contributed by atoms with Gasteiger partial charge in [-0.3, -0.25) is 4.79 Å². The van der Waals surface area contributed by atoms with Crippen LogP contribution in [0.2, 0.25) is 0 Å². The number of nitrogens with two attached hydrogens (primary N) is 1. The van der Waals surface area contributed by atoms with E-state index < -0.39 is 0 Å². The average molecular weight is 335 g/mol. The van der Waals surface area contributed by atoms with E-state index in [2.05, 4.69) is 16.9 Å². The van der Waals surface area contributed by atoms with Crippen LogP contribution in [-0.2, 0) is 4.79 Å². The number of hydrogen-bond donors (Lipinski definition) is 3. The maximum Gasteiger partial charge on any atom is 0.253 e. The van der Waals surface area contributed by atoms with E-state index in [0.717, 1.165) is 27.7 Å². The molecule has 0 aliphatic carbocycles. The van der Waals surface area contributed by atoms with E-state index in [1.165, 1.54) is 0 Å². The van der Waals surface area contributed by atoms with E-state index in [1.807, 2.05) is 55.5 Å². The fourth-order valence-electron chi connectivity index (χ4n) is 2.37. The third-order valence-corrected chi connectivity index (χ3v) is 3.60. The molecule has 128 valence electrons. The van der Waals surface area contributed by atoms with E-state index in [-0.39, 0.29) is 12.5 Å². The second-order valence-corrected chi connectivity index (χ2v) is 5.49. The van der Waals surface area contributed by atoms with Crippen LogP contribution in [0, 0.1) is 0 Å². The Bertz CT molecular complexity index is 897. The van der Waals surface area contributed by atoms with Crippen molar-refractivity contribution >= 4 is 34.4 Å². The number of rotatable bonds is 4. The van der Waals surface area contributed by atoms with Gasteiger partial charge in [0.1, 0.15) is 6.29 Å². The summed E-state index contributed by atoms with van der Waals surface area (Å²) in [6.45, 7) is 5.80.